The summed E-state index contributed by atoms with van der Waals surface area (Å²) in [7, 11) is 1.83. The molecule has 2 aromatic rings. The molecule has 62 valence electrons. The molecule has 0 fully saturated rings. The SMILES string of the molecule is Cn1cncc1-c1nnc(Cl)o1. The lowest BCUT2D eigenvalue weighted by Gasteiger charge is -1.92. The molecule has 0 saturated carbocycles. The Bertz CT molecular complexity index is 394. The number of aromatic nitrogens is 4. The maximum Gasteiger partial charge on any atom is 0.313 e. The van der Waals surface area contributed by atoms with Crippen LogP contribution >= 0.6 is 11.6 Å². The van der Waals surface area contributed by atoms with Crippen molar-refractivity contribution in [2.24, 2.45) is 7.05 Å². The van der Waals surface area contributed by atoms with Crippen molar-refractivity contribution in [3.8, 4) is 11.6 Å². The van der Waals surface area contributed by atoms with Gasteiger partial charge in [-0.25, -0.2) is 4.98 Å². The highest BCUT2D eigenvalue weighted by Crippen LogP contribution is 2.17. The number of hydrogen-bond acceptors (Lipinski definition) is 4. The molecule has 2 heterocycles. The highest BCUT2D eigenvalue weighted by molar-refractivity contribution is 6.27. The quantitative estimate of drug-likeness (QED) is 0.667. The van der Waals surface area contributed by atoms with E-state index in [1.54, 1.807) is 17.1 Å². The third-order valence-electron chi connectivity index (χ3n) is 1.44. The van der Waals surface area contributed by atoms with Crippen molar-refractivity contribution >= 4 is 11.6 Å². The summed E-state index contributed by atoms with van der Waals surface area (Å²) in [4.78, 5) is 3.90. The van der Waals surface area contributed by atoms with Crippen LogP contribution in [-0.4, -0.2) is 19.7 Å². The van der Waals surface area contributed by atoms with Crippen LogP contribution in [0.3, 0.4) is 0 Å². The van der Waals surface area contributed by atoms with E-state index in [1.165, 1.54) is 0 Å². The van der Waals surface area contributed by atoms with Crippen LogP contribution in [0, 0.1) is 0 Å². The van der Waals surface area contributed by atoms with E-state index in [-0.39, 0.29) is 5.35 Å². The van der Waals surface area contributed by atoms with Gasteiger partial charge in [-0.1, -0.05) is 5.10 Å². The van der Waals surface area contributed by atoms with Gasteiger partial charge >= 0.3 is 5.35 Å². The second-order valence-corrected chi connectivity index (χ2v) is 2.57. The van der Waals surface area contributed by atoms with Crippen LogP contribution in [0.25, 0.3) is 11.6 Å². The highest BCUT2D eigenvalue weighted by Gasteiger charge is 2.09. The molecule has 0 N–H and O–H groups in total. The average molecular weight is 185 g/mol. The first kappa shape index (κ1) is 7.30. The first-order chi connectivity index (χ1) is 5.77. The van der Waals surface area contributed by atoms with Gasteiger partial charge in [0.1, 0.15) is 5.69 Å². The molecule has 0 aromatic carbocycles. The predicted octanol–water partition coefficient (Wildman–Crippen LogP) is 1.12. The van der Waals surface area contributed by atoms with E-state index in [2.05, 4.69) is 15.2 Å². The zero-order valence-corrected chi connectivity index (χ0v) is 6.99. The van der Waals surface area contributed by atoms with Crippen molar-refractivity contribution in [1.29, 1.82) is 0 Å². The first-order valence-corrected chi connectivity index (χ1v) is 3.61. The van der Waals surface area contributed by atoms with Gasteiger partial charge in [-0.05, 0) is 11.6 Å². The predicted molar refractivity (Wildman–Crippen MR) is 41.5 cm³/mol. The topological polar surface area (TPSA) is 56.7 Å². The molecule has 0 amide bonds. The summed E-state index contributed by atoms with van der Waals surface area (Å²) in [5, 5.41) is 7.26. The number of hydrogen-bond donors (Lipinski definition) is 0. The third-order valence-corrected chi connectivity index (χ3v) is 1.59. The molecule has 0 aliphatic carbocycles. The van der Waals surface area contributed by atoms with Crippen LogP contribution in [-0.2, 0) is 7.05 Å². The van der Waals surface area contributed by atoms with Crippen LogP contribution < -0.4 is 0 Å². The summed E-state index contributed by atoms with van der Waals surface area (Å²) in [5.41, 5.74) is 0.745. The van der Waals surface area contributed by atoms with Crippen molar-refractivity contribution < 1.29 is 4.42 Å². The zero-order valence-electron chi connectivity index (χ0n) is 6.23. The van der Waals surface area contributed by atoms with Crippen LogP contribution in [0.15, 0.2) is 16.9 Å². The fourth-order valence-corrected chi connectivity index (χ4v) is 0.983. The fourth-order valence-electron chi connectivity index (χ4n) is 0.872. The summed E-state index contributed by atoms with van der Waals surface area (Å²) < 4.78 is 6.76. The first-order valence-electron chi connectivity index (χ1n) is 3.23. The number of rotatable bonds is 1. The zero-order chi connectivity index (χ0) is 8.55. The van der Waals surface area contributed by atoms with Gasteiger partial charge in [0.25, 0.3) is 5.89 Å². The highest BCUT2D eigenvalue weighted by atomic mass is 35.5. The molecule has 0 atom stereocenters. The molecule has 0 spiro atoms. The van der Waals surface area contributed by atoms with Gasteiger partial charge in [-0.3, -0.25) is 0 Å². The fraction of sp³-hybridized carbons (Fsp3) is 0.167. The number of halogens is 1. The molecule has 5 nitrogen and oxygen atoms in total. The molecular formula is C6H5ClN4O. The van der Waals surface area contributed by atoms with Crippen molar-refractivity contribution in [3.05, 3.63) is 17.9 Å². The van der Waals surface area contributed by atoms with Gasteiger partial charge in [-0.2, -0.15) is 0 Å². The van der Waals surface area contributed by atoms with Crippen molar-refractivity contribution in [2.45, 2.75) is 0 Å². The van der Waals surface area contributed by atoms with Gasteiger partial charge in [0, 0.05) is 7.05 Å². The molecule has 0 saturated heterocycles. The van der Waals surface area contributed by atoms with Gasteiger partial charge in [0.05, 0.1) is 12.5 Å². The molecule has 6 heteroatoms. The Hall–Kier alpha value is -1.36. The molecular weight excluding hydrogens is 180 g/mol. The minimum Gasteiger partial charge on any atom is -0.406 e. The third kappa shape index (κ3) is 1.08. The molecule has 2 aromatic heterocycles. The van der Waals surface area contributed by atoms with E-state index in [1.807, 2.05) is 7.05 Å². The Morgan fingerprint density at radius 3 is 2.83 bits per heavy atom. The summed E-state index contributed by atoms with van der Waals surface area (Å²) in [6.45, 7) is 0. The number of aryl methyl sites for hydroxylation is 1. The van der Waals surface area contributed by atoms with Gasteiger partial charge in [0.2, 0.25) is 0 Å². The van der Waals surface area contributed by atoms with Crippen molar-refractivity contribution in [1.82, 2.24) is 19.7 Å². The van der Waals surface area contributed by atoms with Crippen LogP contribution in [0.1, 0.15) is 0 Å². The minimum atomic E-state index is 0.0335. The Labute approximate surface area is 73.0 Å². The second-order valence-electron chi connectivity index (χ2n) is 2.25. The summed E-state index contributed by atoms with van der Waals surface area (Å²) >= 11 is 5.46. The Balaban J connectivity index is 2.50. The smallest absolute Gasteiger partial charge is 0.313 e. The lowest BCUT2D eigenvalue weighted by molar-refractivity contribution is 0.565. The summed E-state index contributed by atoms with van der Waals surface area (Å²) in [6.07, 6.45) is 3.28. The van der Waals surface area contributed by atoms with Gasteiger partial charge < -0.3 is 8.98 Å². The van der Waals surface area contributed by atoms with Crippen molar-refractivity contribution in [2.75, 3.05) is 0 Å². The summed E-state index contributed by atoms with van der Waals surface area (Å²) in [5.74, 6) is 0.375. The molecule has 0 aliphatic rings. The lowest BCUT2D eigenvalue weighted by atomic mass is 10.5. The summed E-state index contributed by atoms with van der Waals surface area (Å²) in [6, 6.07) is 0. The second kappa shape index (κ2) is 2.60. The van der Waals surface area contributed by atoms with Gasteiger partial charge in [0.15, 0.2) is 0 Å². The molecule has 12 heavy (non-hydrogen) atoms. The Kier molecular flexibility index (Phi) is 1.58. The van der Waals surface area contributed by atoms with Crippen LogP contribution in [0.4, 0.5) is 0 Å². The van der Waals surface area contributed by atoms with E-state index in [0.717, 1.165) is 5.69 Å². The Morgan fingerprint density at radius 2 is 2.33 bits per heavy atom. The maximum absolute atomic E-state index is 5.46. The van der Waals surface area contributed by atoms with E-state index in [9.17, 15) is 0 Å². The molecule has 0 radical (unpaired) electrons. The Morgan fingerprint density at radius 1 is 1.50 bits per heavy atom. The molecule has 0 unspecified atom stereocenters. The van der Waals surface area contributed by atoms with E-state index >= 15 is 0 Å². The van der Waals surface area contributed by atoms with Crippen LogP contribution in [0.2, 0.25) is 5.35 Å². The van der Waals surface area contributed by atoms with Gasteiger partial charge in [-0.15, -0.1) is 5.10 Å². The molecule has 2 rings (SSSR count). The molecule has 0 bridgehead atoms. The monoisotopic (exact) mass is 184 g/mol. The van der Waals surface area contributed by atoms with E-state index in [4.69, 9.17) is 16.0 Å². The molecule has 0 aliphatic heterocycles. The van der Waals surface area contributed by atoms with Crippen LogP contribution in [0.5, 0.6) is 0 Å². The van der Waals surface area contributed by atoms with E-state index in [0.29, 0.717) is 5.89 Å². The minimum absolute atomic E-state index is 0.0335. The largest absolute Gasteiger partial charge is 0.406 e. The standard InChI is InChI=1S/C6H5ClN4O/c1-11-3-8-2-4(11)5-9-10-6(7)12-5/h2-3H,1H3. The van der Waals surface area contributed by atoms with E-state index < -0.39 is 0 Å². The lowest BCUT2D eigenvalue weighted by Crippen LogP contribution is -1.88. The maximum atomic E-state index is 5.46. The number of imidazole rings is 1. The number of nitrogens with zero attached hydrogens (tertiary/aromatic N) is 4. The average Bonchev–Trinajstić information content (AvgIpc) is 2.58. The van der Waals surface area contributed by atoms with Crippen molar-refractivity contribution in [3.63, 3.8) is 0 Å². The normalized spacial score (nSPS) is 10.5.